The maximum absolute atomic E-state index is 13.8. The first-order valence-electron chi connectivity index (χ1n) is 14.0. The highest BCUT2D eigenvalue weighted by Gasteiger charge is 2.25. The lowest BCUT2D eigenvalue weighted by molar-refractivity contribution is 0.522. The monoisotopic (exact) mass is 584 g/mol. The van der Waals surface area contributed by atoms with E-state index in [1.165, 1.54) is 23.8 Å². The molecule has 0 aliphatic heterocycles. The topological polar surface area (TPSA) is 114 Å². The minimum absolute atomic E-state index is 0.102. The Morgan fingerprint density at radius 3 is 2.55 bits per heavy atom. The molecule has 2 aromatic heterocycles. The largest absolute Gasteiger partial charge is 0.382 e. The molecule has 1 unspecified atom stereocenters. The Kier molecular flexibility index (Phi) is 7.20. The van der Waals surface area contributed by atoms with Gasteiger partial charge in [-0.2, -0.15) is 0 Å². The Balaban J connectivity index is 1.52. The number of anilines is 2. The average molecular weight is 585 g/mol. The molecule has 0 fully saturated rings. The van der Waals surface area contributed by atoms with Crippen molar-refractivity contribution < 1.29 is 12.8 Å². The molecule has 3 aromatic carbocycles. The standard InChI is InChI=1S/C32H33FN6O2S/c1-19(2)32-37-29(30-31(34)36-18-28(39(30)32)20-11-13-22(35-3)14-12-20)26-15-16-27(25-10-5-4-9-24(25)26)38-42(40,41)23-8-6-7-21(33)17-23/h4-11,15-19,22,35,38H,12-14H2,1-3H3,(H2,34,36). The van der Waals surface area contributed by atoms with Gasteiger partial charge in [0, 0.05) is 22.9 Å². The van der Waals surface area contributed by atoms with Crippen molar-refractivity contribution in [1.29, 1.82) is 0 Å². The molecule has 1 aliphatic carbocycles. The van der Waals surface area contributed by atoms with Crippen molar-refractivity contribution in [1.82, 2.24) is 19.7 Å². The van der Waals surface area contributed by atoms with Gasteiger partial charge in [0.05, 0.1) is 22.5 Å². The van der Waals surface area contributed by atoms with Gasteiger partial charge in [-0.05, 0) is 67.6 Å². The van der Waals surface area contributed by atoms with E-state index in [0.717, 1.165) is 53.3 Å². The molecule has 0 bridgehead atoms. The number of rotatable bonds is 7. The van der Waals surface area contributed by atoms with Gasteiger partial charge in [-0.1, -0.05) is 50.3 Å². The lowest BCUT2D eigenvalue weighted by atomic mass is 9.93. The van der Waals surface area contributed by atoms with E-state index in [-0.39, 0.29) is 10.8 Å². The number of nitrogens with zero attached hydrogens (tertiary/aromatic N) is 3. The van der Waals surface area contributed by atoms with Gasteiger partial charge in [-0.15, -0.1) is 0 Å². The van der Waals surface area contributed by atoms with Crippen LogP contribution in [0.5, 0.6) is 0 Å². The van der Waals surface area contributed by atoms with Crippen LogP contribution in [0.3, 0.4) is 0 Å². The number of nitrogens with one attached hydrogen (secondary N) is 2. The van der Waals surface area contributed by atoms with Crippen molar-refractivity contribution in [3.05, 3.63) is 90.3 Å². The summed E-state index contributed by atoms with van der Waals surface area (Å²) in [6.45, 7) is 4.21. The van der Waals surface area contributed by atoms with Crippen LogP contribution in [0.15, 0.2) is 77.8 Å². The first-order chi connectivity index (χ1) is 20.2. The molecule has 10 heteroatoms. The zero-order valence-electron chi connectivity index (χ0n) is 23.7. The zero-order chi connectivity index (χ0) is 29.6. The van der Waals surface area contributed by atoms with Crippen LogP contribution < -0.4 is 15.8 Å². The second kappa shape index (κ2) is 10.8. The van der Waals surface area contributed by atoms with E-state index < -0.39 is 15.8 Å². The Morgan fingerprint density at radius 1 is 1.07 bits per heavy atom. The number of nitrogens with two attached hydrogens (primary N) is 1. The summed E-state index contributed by atoms with van der Waals surface area (Å²) in [5.41, 5.74) is 11.4. The molecule has 0 saturated carbocycles. The predicted octanol–water partition coefficient (Wildman–Crippen LogP) is 6.35. The highest BCUT2D eigenvalue weighted by molar-refractivity contribution is 7.92. The normalized spacial score (nSPS) is 15.8. The molecule has 216 valence electrons. The summed E-state index contributed by atoms with van der Waals surface area (Å²) in [5, 5.41) is 4.84. The molecular formula is C32H33FN6O2S. The smallest absolute Gasteiger partial charge is 0.262 e. The molecule has 4 N–H and O–H groups in total. The molecular weight excluding hydrogens is 551 g/mol. The summed E-state index contributed by atoms with van der Waals surface area (Å²) >= 11 is 0. The summed E-state index contributed by atoms with van der Waals surface area (Å²) in [6.07, 6.45) is 7.00. The SMILES string of the molecule is CNC1CC=C(c2cnc(N)c3c(-c4ccc(NS(=O)(=O)c5cccc(F)c5)c5ccccc45)nc(C(C)C)n23)CC1. The number of benzene rings is 3. The van der Waals surface area contributed by atoms with E-state index in [1.54, 1.807) is 6.07 Å². The fraction of sp³-hybridized carbons (Fsp3) is 0.250. The lowest BCUT2D eigenvalue weighted by Gasteiger charge is -2.22. The van der Waals surface area contributed by atoms with Crippen molar-refractivity contribution in [3.63, 3.8) is 0 Å². The Morgan fingerprint density at radius 2 is 1.86 bits per heavy atom. The van der Waals surface area contributed by atoms with Gasteiger partial charge in [0.25, 0.3) is 10.0 Å². The minimum Gasteiger partial charge on any atom is -0.382 e. The van der Waals surface area contributed by atoms with Gasteiger partial charge in [0.1, 0.15) is 28.7 Å². The molecule has 42 heavy (non-hydrogen) atoms. The molecule has 0 amide bonds. The molecule has 0 saturated heterocycles. The maximum Gasteiger partial charge on any atom is 0.262 e. The van der Waals surface area contributed by atoms with E-state index >= 15 is 0 Å². The van der Waals surface area contributed by atoms with Crippen molar-refractivity contribution >= 4 is 43.4 Å². The summed E-state index contributed by atoms with van der Waals surface area (Å²) < 4.78 is 44.9. The maximum atomic E-state index is 13.8. The Bertz CT molecular complexity index is 1970. The van der Waals surface area contributed by atoms with Crippen LogP contribution in [0.2, 0.25) is 0 Å². The van der Waals surface area contributed by atoms with Crippen LogP contribution in [0.25, 0.3) is 33.1 Å². The van der Waals surface area contributed by atoms with Crippen molar-refractivity contribution in [2.45, 2.75) is 50.0 Å². The highest BCUT2D eigenvalue weighted by Crippen LogP contribution is 2.40. The third-order valence-electron chi connectivity index (χ3n) is 7.91. The number of hydrogen-bond acceptors (Lipinski definition) is 6. The summed E-state index contributed by atoms with van der Waals surface area (Å²) in [4.78, 5) is 9.60. The van der Waals surface area contributed by atoms with Crippen LogP contribution in [0, 0.1) is 5.82 Å². The van der Waals surface area contributed by atoms with Crippen molar-refractivity contribution in [2.24, 2.45) is 0 Å². The number of allylic oxidation sites excluding steroid dienone is 1. The number of hydrogen-bond donors (Lipinski definition) is 3. The van der Waals surface area contributed by atoms with E-state index in [4.69, 9.17) is 10.7 Å². The van der Waals surface area contributed by atoms with Crippen molar-refractivity contribution in [2.75, 3.05) is 17.5 Å². The zero-order valence-corrected chi connectivity index (χ0v) is 24.5. The van der Waals surface area contributed by atoms with Crippen LogP contribution in [0.1, 0.15) is 50.5 Å². The number of imidazole rings is 1. The average Bonchev–Trinajstić information content (AvgIpc) is 3.39. The van der Waals surface area contributed by atoms with Gasteiger partial charge < -0.3 is 11.1 Å². The molecule has 1 aliphatic rings. The minimum atomic E-state index is -4.03. The van der Waals surface area contributed by atoms with Gasteiger partial charge >= 0.3 is 0 Å². The van der Waals surface area contributed by atoms with Crippen LogP contribution in [-0.4, -0.2) is 35.9 Å². The molecule has 8 nitrogen and oxygen atoms in total. The number of aromatic nitrogens is 3. The van der Waals surface area contributed by atoms with Crippen molar-refractivity contribution in [3.8, 4) is 11.3 Å². The first kappa shape index (κ1) is 27.9. The van der Waals surface area contributed by atoms with Gasteiger partial charge in [0.2, 0.25) is 0 Å². The van der Waals surface area contributed by atoms with E-state index in [9.17, 15) is 12.8 Å². The predicted molar refractivity (Wildman–Crippen MR) is 166 cm³/mol. The molecule has 0 radical (unpaired) electrons. The second-order valence-electron chi connectivity index (χ2n) is 10.9. The van der Waals surface area contributed by atoms with E-state index in [0.29, 0.717) is 28.6 Å². The van der Waals surface area contributed by atoms with Gasteiger partial charge in [-0.3, -0.25) is 9.12 Å². The van der Waals surface area contributed by atoms with Crippen LogP contribution >= 0.6 is 0 Å². The van der Waals surface area contributed by atoms with E-state index in [2.05, 4.69) is 39.3 Å². The number of sulfonamides is 1. The van der Waals surface area contributed by atoms with Crippen LogP contribution in [-0.2, 0) is 10.0 Å². The summed E-state index contributed by atoms with van der Waals surface area (Å²) in [6, 6.07) is 16.5. The first-order valence-corrected chi connectivity index (χ1v) is 15.5. The fourth-order valence-corrected chi connectivity index (χ4v) is 6.84. The Hall–Kier alpha value is -4.28. The summed E-state index contributed by atoms with van der Waals surface area (Å²) in [7, 11) is -2.03. The number of nitrogen functional groups attached to an aromatic ring is 1. The fourth-order valence-electron chi connectivity index (χ4n) is 5.73. The quantitative estimate of drug-likeness (QED) is 0.205. The van der Waals surface area contributed by atoms with Crippen LogP contribution in [0.4, 0.5) is 15.9 Å². The lowest BCUT2D eigenvalue weighted by Crippen LogP contribution is -2.26. The molecule has 2 heterocycles. The molecule has 6 rings (SSSR count). The molecule has 1 atom stereocenters. The van der Waals surface area contributed by atoms with Gasteiger partial charge in [0.15, 0.2) is 0 Å². The summed E-state index contributed by atoms with van der Waals surface area (Å²) in [5.74, 6) is 0.727. The number of fused-ring (bicyclic) bond motifs is 2. The highest BCUT2D eigenvalue weighted by atomic mass is 32.2. The van der Waals surface area contributed by atoms with E-state index in [1.807, 2.05) is 43.6 Å². The molecule has 0 spiro atoms. The second-order valence-corrected chi connectivity index (χ2v) is 12.6. The third-order valence-corrected chi connectivity index (χ3v) is 9.27. The van der Waals surface area contributed by atoms with Gasteiger partial charge in [-0.25, -0.2) is 22.8 Å². The number of halogens is 1. The Labute approximate surface area is 244 Å². The third kappa shape index (κ3) is 4.90. The molecule has 5 aromatic rings.